The smallest absolute Gasteiger partial charge is 0.126 e. The Kier molecular flexibility index (Phi) is 4.98. The second kappa shape index (κ2) is 6.51. The van der Waals surface area contributed by atoms with Crippen LogP contribution in [0.15, 0.2) is 18.2 Å². The molecule has 1 saturated carbocycles. The average molecular weight is 263 g/mol. The predicted octanol–water partition coefficient (Wildman–Crippen LogP) is 4.41. The summed E-state index contributed by atoms with van der Waals surface area (Å²) >= 11 is 0. The number of nitrogens with one attached hydrogen (secondary N) is 1. The van der Waals surface area contributed by atoms with Gasteiger partial charge in [0.2, 0.25) is 0 Å². The van der Waals surface area contributed by atoms with Gasteiger partial charge in [0.1, 0.15) is 5.82 Å². The lowest BCUT2D eigenvalue weighted by Gasteiger charge is -2.33. The van der Waals surface area contributed by atoms with Crippen molar-refractivity contribution < 1.29 is 4.39 Å². The molecule has 1 aromatic carbocycles. The maximum Gasteiger partial charge on any atom is 0.126 e. The fourth-order valence-electron chi connectivity index (χ4n) is 3.12. The number of hydrogen-bond donors (Lipinski definition) is 1. The van der Waals surface area contributed by atoms with Gasteiger partial charge in [-0.05, 0) is 55.3 Å². The molecule has 0 heterocycles. The van der Waals surface area contributed by atoms with Crippen molar-refractivity contribution >= 4 is 0 Å². The fourth-order valence-corrected chi connectivity index (χ4v) is 3.12. The van der Waals surface area contributed by atoms with E-state index in [2.05, 4.69) is 25.2 Å². The Hall–Kier alpha value is -0.890. The third-order valence-electron chi connectivity index (χ3n) is 4.32. The average Bonchev–Trinajstić information content (AvgIpc) is 2.40. The molecule has 1 nitrogen and oxygen atoms in total. The number of benzene rings is 1. The zero-order chi connectivity index (χ0) is 13.8. The van der Waals surface area contributed by atoms with Crippen LogP contribution < -0.4 is 5.32 Å². The van der Waals surface area contributed by atoms with Crippen molar-refractivity contribution in [1.82, 2.24) is 5.32 Å². The van der Waals surface area contributed by atoms with Crippen LogP contribution in [0.4, 0.5) is 4.39 Å². The zero-order valence-electron chi connectivity index (χ0n) is 12.4. The normalized spacial score (nSPS) is 23.8. The molecule has 1 aliphatic rings. The summed E-state index contributed by atoms with van der Waals surface area (Å²) in [5.41, 5.74) is 1.94. The highest BCUT2D eigenvalue weighted by Gasteiger charge is 2.26. The second-order valence-electron chi connectivity index (χ2n) is 6.22. The standard InChI is InChI=1S/C17H26FN/c1-12(2)19-11-15-6-4-5-7-16(15)14-9-8-13(3)17(18)10-14/h8-10,12,15-16,19H,4-7,11H2,1-3H3. The van der Waals surface area contributed by atoms with Crippen LogP contribution in [0.2, 0.25) is 0 Å². The van der Waals surface area contributed by atoms with Crippen LogP contribution in [-0.4, -0.2) is 12.6 Å². The third-order valence-corrected chi connectivity index (χ3v) is 4.32. The van der Waals surface area contributed by atoms with Gasteiger partial charge in [-0.3, -0.25) is 0 Å². The lowest BCUT2D eigenvalue weighted by atomic mass is 9.75. The molecule has 1 aliphatic carbocycles. The first-order chi connectivity index (χ1) is 9.08. The summed E-state index contributed by atoms with van der Waals surface area (Å²) in [6.45, 7) is 7.25. The van der Waals surface area contributed by atoms with Crippen molar-refractivity contribution in [3.8, 4) is 0 Å². The van der Waals surface area contributed by atoms with Crippen LogP contribution in [0.25, 0.3) is 0 Å². The van der Waals surface area contributed by atoms with E-state index in [9.17, 15) is 4.39 Å². The molecule has 2 heteroatoms. The van der Waals surface area contributed by atoms with E-state index in [-0.39, 0.29) is 5.82 Å². The van der Waals surface area contributed by atoms with E-state index in [1.54, 1.807) is 6.07 Å². The first-order valence-electron chi connectivity index (χ1n) is 7.57. The van der Waals surface area contributed by atoms with E-state index in [1.165, 1.54) is 31.2 Å². The van der Waals surface area contributed by atoms with E-state index < -0.39 is 0 Å². The Morgan fingerprint density at radius 1 is 1.26 bits per heavy atom. The Balaban J connectivity index is 2.11. The lowest BCUT2D eigenvalue weighted by molar-refractivity contribution is 0.289. The largest absolute Gasteiger partial charge is 0.314 e. The van der Waals surface area contributed by atoms with Gasteiger partial charge in [0.25, 0.3) is 0 Å². The molecule has 1 N–H and O–H groups in total. The minimum atomic E-state index is -0.0568. The van der Waals surface area contributed by atoms with Gasteiger partial charge in [-0.25, -0.2) is 4.39 Å². The summed E-state index contributed by atoms with van der Waals surface area (Å²) < 4.78 is 13.8. The Morgan fingerprint density at radius 3 is 2.68 bits per heavy atom. The Bertz CT molecular complexity index is 414. The molecule has 0 aromatic heterocycles. The molecule has 2 unspecified atom stereocenters. The van der Waals surface area contributed by atoms with Crippen molar-refractivity contribution in [2.24, 2.45) is 5.92 Å². The van der Waals surface area contributed by atoms with Crippen molar-refractivity contribution in [1.29, 1.82) is 0 Å². The van der Waals surface area contributed by atoms with Gasteiger partial charge < -0.3 is 5.32 Å². The SMILES string of the molecule is Cc1ccc(C2CCCCC2CNC(C)C)cc1F. The van der Waals surface area contributed by atoms with Crippen LogP contribution in [-0.2, 0) is 0 Å². The lowest BCUT2D eigenvalue weighted by Crippen LogP contribution is -2.33. The van der Waals surface area contributed by atoms with Gasteiger partial charge in [-0.2, -0.15) is 0 Å². The molecule has 106 valence electrons. The van der Waals surface area contributed by atoms with E-state index in [1.807, 2.05) is 13.0 Å². The summed E-state index contributed by atoms with van der Waals surface area (Å²) in [7, 11) is 0. The summed E-state index contributed by atoms with van der Waals surface area (Å²) in [5.74, 6) is 1.12. The molecule has 0 radical (unpaired) electrons. The first-order valence-corrected chi connectivity index (χ1v) is 7.57. The van der Waals surface area contributed by atoms with Crippen LogP contribution in [0.3, 0.4) is 0 Å². The van der Waals surface area contributed by atoms with Crippen LogP contribution in [0, 0.1) is 18.7 Å². The van der Waals surface area contributed by atoms with E-state index in [0.29, 0.717) is 17.9 Å². The fraction of sp³-hybridized carbons (Fsp3) is 0.647. The molecule has 2 rings (SSSR count). The molecule has 1 fully saturated rings. The summed E-state index contributed by atoms with van der Waals surface area (Å²) in [5, 5.41) is 3.55. The molecule has 2 atom stereocenters. The van der Waals surface area contributed by atoms with Crippen LogP contribution >= 0.6 is 0 Å². The maximum absolute atomic E-state index is 13.8. The summed E-state index contributed by atoms with van der Waals surface area (Å²) in [6, 6.07) is 6.33. The molecule has 0 aliphatic heterocycles. The monoisotopic (exact) mass is 263 g/mol. The topological polar surface area (TPSA) is 12.0 Å². The maximum atomic E-state index is 13.8. The highest BCUT2D eigenvalue weighted by molar-refractivity contribution is 5.27. The summed E-state index contributed by atoms with van der Waals surface area (Å²) in [4.78, 5) is 0. The highest BCUT2D eigenvalue weighted by Crippen LogP contribution is 2.37. The van der Waals surface area contributed by atoms with Gasteiger partial charge in [-0.15, -0.1) is 0 Å². The first kappa shape index (κ1) is 14.5. The second-order valence-corrected chi connectivity index (χ2v) is 6.22. The molecular formula is C17H26FN. The van der Waals surface area contributed by atoms with E-state index >= 15 is 0 Å². The van der Waals surface area contributed by atoms with E-state index in [4.69, 9.17) is 0 Å². The van der Waals surface area contributed by atoms with Gasteiger partial charge in [0.15, 0.2) is 0 Å². The minimum absolute atomic E-state index is 0.0568. The quantitative estimate of drug-likeness (QED) is 0.848. The molecule has 1 aromatic rings. The van der Waals surface area contributed by atoms with Gasteiger partial charge >= 0.3 is 0 Å². The Morgan fingerprint density at radius 2 is 2.00 bits per heavy atom. The van der Waals surface area contributed by atoms with Crippen LogP contribution in [0.5, 0.6) is 0 Å². The van der Waals surface area contributed by atoms with Gasteiger partial charge in [-0.1, -0.05) is 38.8 Å². The molecular weight excluding hydrogens is 237 g/mol. The van der Waals surface area contributed by atoms with Crippen molar-refractivity contribution in [3.05, 3.63) is 35.1 Å². The predicted molar refractivity (Wildman–Crippen MR) is 79.0 cm³/mol. The number of halogens is 1. The molecule has 0 amide bonds. The van der Waals surface area contributed by atoms with Gasteiger partial charge in [0, 0.05) is 6.04 Å². The molecule has 0 bridgehead atoms. The van der Waals surface area contributed by atoms with E-state index in [0.717, 1.165) is 12.1 Å². The van der Waals surface area contributed by atoms with Crippen LogP contribution in [0.1, 0.15) is 56.6 Å². The Labute approximate surface area is 116 Å². The number of rotatable bonds is 4. The number of hydrogen-bond acceptors (Lipinski definition) is 1. The number of aryl methyl sites for hydroxylation is 1. The third kappa shape index (κ3) is 3.79. The highest BCUT2D eigenvalue weighted by atomic mass is 19.1. The molecule has 0 spiro atoms. The molecule has 0 saturated heterocycles. The van der Waals surface area contributed by atoms with Crippen molar-refractivity contribution in [2.75, 3.05) is 6.54 Å². The van der Waals surface area contributed by atoms with Gasteiger partial charge in [0.05, 0.1) is 0 Å². The van der Waals surface area contributed by atoms with Crippen molar-refractivity contribution in [3.63, 3.8) is 0 Å². The molecule has 19 heavy (non-hydrogen) atoms. The minimum Gasteiger partial charge on any atom is -0.314 e. The zero-order valence-corrected chi connectivity index (χ0v) is 12.4. The van der Waals surface area contributed by atoms with Crippen molar-refractivity contribution in [2.45, 2.75) is 58.4 Å². The summed E-state index contributed by atoms with van der Waals surface area (Å²) in [6.07, 6.45) is 5.06.